The van der Waals surface area contributed by atoms with E-state index in [9.17, 15) is 8.42 Å². The lowest BCUT2D eigenvalue weighted by molar-refractivity contribution is 0.579. The first-order valence-electron chi connectivity index (χ1n) is 7.78. The second-order valence-corrected chi connectivity index (χ2v) is 7.78. The van der Waals surface area contributed by atoms with E-state index in [0.29, 0.717) is 17.9 Å². The van der Waals surface area contributed by atoms with E-state index < -0.39 is 10.0 Å². The van der Waals surface area contributed by atoms with Crippen molar-refractivity contribution in [1.82, 2.24) is 4.72 Å². The summed E-state index contributed by atoms with van der Waals surface area (Å²) in [6, 6.07) is 20.5. The highest BCUT2D eigenvalue weighted by Crippen LogP contribution is 2.19. The molecular formula is C19H18ClNO2S. The predicted molar refractivity (Wildman–Crippen MR) is 98.9 cm³/mol. The van der Waals surface area contributed by atoms with Gasteiger partial charge in [-0.25, -0.2) is 13.1 Å². The molecule has 0 aromatic heterocycles. The fourth-order valence-electron chi connectivity index (χ4n) is 2.60. The summed E-state index contributed by atoms with van der Waals surface area (Å²) in [4.78, 5) is 0.291. The second-order valence-electron chi connectivity index (χ2n) is 5.60. The molecule has 3 nitrogen and oxygen atoms in total. The van der Waals surface area contributed by atoms with E-state index in [1.807, 2.05) is 54.6 Å². The molecule has 0 atom stereocenters. The second kappa shape index (κ2) is 7.34. The molecule has 0 aliphatic rings. The molecule has 0 bridgehead atoms. The normalized spacial score (nSPS) is 11.7. The number of fused-ring (bicyclic) bond motifs is 1. The van der Waals surface area contributed by atoms with Crippen molar-refractivity contribution in [1.29, 1.82) is 0 Å². The quantitative estimate of drug-likeness (QED) is 0.663. The Kier molecular flexibility index (Phi) is 5.19. The maximum atomic E-state index is 12.4. The van der Waals surface area contributed by atoms with Gasteiger partial charge in [0.25, 0.3) is 0 Å². The molecule has 0 amide bonds. The van der Waals surface area contributed by atoms with E-state index in [-0.39, 0.29) is 0 Å². The van der Waals surface area contributed by atoms with Crippen molar-refractivity contribution < 1.29 is 8.42 Å². The highest BCUT2D eigenvalue weighted by Gasteiger charge is 2.13. The van der Waals surface area contributed by atoms with Crippen molar-refractivity contribution in [2.24, 2.45) is 0 Å². The Balaban J connectivity index is 1.64. The SMILES string of the molecule is O=S(=O)(NCCCc1ccccc1Cl)c1ccc2ccccc2c1. The van der Waals surface area contributed by atoms with Crippen LogP contribution < -0.4 is 4.72 Å². The van der Waals surface area contributed by atoms with Gasteiger partial charge in [-0.1, -0.05) is 60.1 Å². The van der Waals surface area contributed by atoms with Crippen LogP contribution in [0.3, 0.4) is 0 Å². The first-order valence-corrected chi connectivity index (χ1v) is 9.64. The lowest BCUT2D eigenvalue weighted by Crippen LogP contribution is -2.25. The summed E-state index contributed by atoms with van der Waals surface area (Å²) < 4.78 is 27.5. The largest absolute Gasteiger partial charge is 0.240 e. The summed E-state index contributed by atoms with van der Waals surface area (Å²) >= 11 is 6.11. The van der Waals surface area contributed by atoms with Crippen LogP contribution in [0.25, 0.3) is 10.8 Å². The summed E-state index contributed by atoms with van der Waals surface area (Å²) in [7, 11) is -3.50. The lowest BCUT2D eigenvalue weighted by Gasteiger charge is -2.08. The average Bonchev–Trinajstić information content (AvgIpc) is 2.59. The highest BCUT2D eigenvalue weighted by atomic mass is 35.5. The molecule has 0 saturated heterocycles. The van der Waals surface area contributed by atoms with Gasteiger partial charge in [0.1, 0.15) is 0 Å². The third-order valence-electron chi connectivity index (χ3n) is 3.90. The fraction of sp³-hybridized carbons (Fsp3) is 0.158. The van der Waals surface area contributed by atoms with E-state index >= 15 is 0 Å². The molecule has 3 aromatic carbocycles. The molecule has 0 saturated carbocycles. The van der Waals surface area contributed by atoms with Crippen molar-refractivity contribution >= 4 is 32.4 Å². The average molecular weight is 360 g/mol. The molecule has 3 rings (SSSR count). The molecule has 0 aliphatic heterocycles. The third-order valence-corrected chi connectivity index (χ3v) is 5.73. The number of hydrogen-bond acceptors (Lipinski definition) is 2. The van der Waals surface area contributed by atoms with Crippen LogP contribution in [0.15, 0.2) is 71.6 Å². The Morgan fingerprint density at radius 3 is 2.38 bits per heavy atom. The van der Waals surface area contributed by atoms with Crippen molar-refractivity contribution in [2.45, 2.75) is 17.7 Å². The van der Waals surface area contributed by atoms with E-state index in [1.54, 1.807) is 12.1 Å². The minimum atomic E-state index is -3.50. The monoisotopic (exact) mass is 359 g/mol. The number of rotatable bonds is 6. The standard InChI is InChI=1S/C19H18ClNO2S/c20-19-10-4-3-7-16(19)9-5-13-21-24(22,23)18-12-11-15-6-1-2-8-17(15)14-18/h1-4,6-8,10-12,14,21H,5,9,13H2. The van der Waals surface area contributed by atoms with Gasteiger partial charge in [-0.15, -0.1) is 0 Å². The van der Waals surface area contributed by atoms with Gasteiger partial charge in [0.2, 0.25) is 10.0 Å². The van der Waals surface area contributed by atoms with Crippen LogP contribution in [0.1, 0.15) is 12.0 Å². The Bertz CT molecular complexity index is 954. The van der Waals surface area contributed by atoms with Gasteiger partial charge in [-0.05, 0) is 47.4 Å². The zero-order valence-corrected chi connectivity index (χ0v) is 14.6. The zero-order chi connectivity index (χ0) is 17.0. The molecule has 124 valence electrons. The van der Waals surface area contributed by atoms with E-state index in [4.69, 9.17) is 11.6 Å². The number of benzene rings is 3. The fourth-order valence-corrected chi connectivity index (χ4v) is 3.94. The highest BCUT2D eigenvalue weighted by molar-refractivity contribution is 7.89. The van der Waals surface area contributed by atoms with Crippen LogP contribution in [0.4, 0.5) is 0 Å². The maximum absolute atomic E-state index is 12.4. The Morgan fingerprint density at radius 1 is 0.875 bits per heavy atom. The van der Waals surface area contributed by atoms with Gasteiger partial charge in [-0.2, -0.15) is 0 Å². The first kappa shape index (κ1) is 17.0. The topological polar surface area (TPSA) is 46.2 Å². The Labute approximate surface area is 147 Å². The van der Waals surface area contributed by atoms with Crippen LogP contribution >= 0.6 is 11.6 Å². The van der Waals surface area contributed by atoms with Crippen molar-refractivity contribution in [3.63, 3.8) is 0 Å². The summed E-state index contributed by atoms with van der Waals surface area (Å²) in [5, 5.41) is 2.65. The molecule has 1 N–H and O–H groups in total. The molecule has 0 heterocycles. The Hall–Kier alpha value is -1.88. The van der Waals surface area contributed by atoms with E-state index in [1.165, 1.54) is 0 Å². The number of halogens is 1. The smallest absolute Gasteiger partial charge is 0.211 e. The minimum Gasteiger partial charge on any atom is -0.211 e. The molecule has 0 fully saturated rings. The van der Waals surface area contributed by atoms with Gasteiger partial charge >= 0.3 is 0 Å². The van der Waals surface area contributed by atoms with Crippen LogP contribution in [0.5, 0.6) is 0 Å². The van der Waals surface area contributed by atoms with Gasteiger partial charge < -0.3 is 0 Å². The lowest BCUT2D eigenvalue weighted by atomic mass is 10.1. The van der Waals surface area contributed by atoms with Gasteiger partial charge in [0.15, 0.2) is 0 Å². The molecule has 0 spiro atoms. The molecular weight excluding hydrogens is 342 g/mol. The van der Waals surface area contributed by atoms with Crippen molar-refractivity contribution in [3.05, 3.63) is 77.3 Å². The summed E-state index contributed by atoms with van der Waals surface area (Å²) in [5.41, 5.74) is 1.03. The predicted octanol–water partition coefficient (Wildman–Crippen LogP) is 4.40. The molecule has 0 radical (unpaired) electrons. The molecule has 3 aromatic rings. The summed E-state index contributed by atoms with van der Waals surface area (Å²) in [6.07, 6.45) is 1.43. The molecule has 0 aliphatic carbocycles. The number of sulfonamides is 1. The number of hydrogen-bond donors (Lipinski definition) is 1. The van der Waals surface area contributed by atoms with Gasteiger partial charge in [0.05, 0.1) is 4.90 Å². The van der Waals surface area contributed by atoms with Crippen LogP contribution in [-0.2, 0) is 16.4 Å². The molecule has 5 heteroatoms. The van der Waals surface area contributed by atoms with Crippen molar-refractivity contribution in [2.75, 3.05) is 6.54 Å². The summed E-state index contributed by atoms with van der Waals surface area (Å²) in [6.45, 7) is 0.375. The van der Waals surface area contributed by atoms with Crippen LogP contribution in [0.2, 0.25) is 5.02 Å². The number of nitrogens with one attached hydrogen (secondary N) is 1. The molecule has 24 heavy (non-hydrogen) atoms. The van der Waals surface area contributed by atoms with E-state index in [0.717, 1.165) is 27.8 Å². The zero-order valence-electron chi connectivity index (χ0n) is 13.1. The first-order chi connectivity index (χ1) is 11.6. The minimum absolute atomic E-state index is 0.291. The summed E-state index contributed by atoms with van der Waals surface area (Å²) in [5.74, 6) is 0. The van der Waals surface area contributed by atoms with E-state index in [2.05, 4.69) is 4.72 Å². The van der Waals surface area contributed by atoms with Crippen molar-refractivity contribution in [3.8, 4) is 0 Å². The molecule has 0 unspecified atom stereocenters. The van der Waals surface area contributed by atoms with Crippen LogP contribution in [-0.4, -0.2) is 15.0 Å². The van der Waals surface area contributed by atoms with Crippen LogP contribution in [0, 0.1) is 0 Å². The number of aryl methyl sites for hydroxylation is 1. The maximum Gasteiger partial charge on any atom is 0.240 e. The van der Waals surface area contributed by atoms with Gasteiger partial charge in [-0.3, -0.25) is 0 Å². The third kappa shape index (κ3) is 3.96. The van der Waals surface area contributed by atoms with Gasteiger partial charge in [0, 0.05) is 11.6 Å². The Morgan fingerprint density at radius 2 is 1.58 bits per heavy atom.